The maximum absolute atomic E-state index is 12.0. The molecule has 3 rings (SSSR count). The first-order valence-electron chi connectivity index (χ1n) is 7.50. The van der Waals surface area contributed by atoms with Gasteiger partial charge in [0.1, 0.15) is 17.8 Å². The van der Waals surface area contributed by atoms with Crippen molar-refractivity contribution < 1.29 is 28.6 Å². The first-order valence-corrected chi connectivity index (χ1v) is 7.88. The van der Waals surface area contributed by atoms with E-state index in [1.165, 1.54) is 23.4 Å². The van der Waals surface area contributed by atoms with Crippen LogP contribution in [0.25, 0.3) is 0 Å². The Labute approximate surface area is 147 Å². The molecule has 0 spiro atoms. The molecular formula is C16H15ClN2O6. The molecule has 25 heavy (non-hydrogen) atoms. The molecule has 8 nitrogen and oxygen atoms in total. The number of ether oxygens (including phenoxy) is 2. The van der Waals surface area contributed by atoms with Crippen LogP contribution in [-0.2, 0) is 9.59 Å². The monoisotopic (exact) mass is 366 g/mol. The van der Waals surface area contributed by atoms with Gasteiger partial charge in [0, 0.05) is 12.6 Å². The molecule has 1 atom stereocenters. The maximum Gasteiger partial charge on any atom is 0.305 e. The number of halogens is 1. The SMILES string of the molecule is CC(Oc1cc2c(cc1Cl)N(CCC(=O)O)C(=O)CO2)c1ncco1. The number of fused-ring (bicyclic) bond motifs is 1. The van der Waals surface area contributed by atoms with Crippen molar-refractivity contribution in [3.8, 4) is 11.5 Å². The lowest BCUT2D eigenvalue weighted by atomic mass is 10.2. The van der Waals surface area contributed by atoms with Crippen molar-refractivity contribution >= 4 is 29.2 Å². The number of nitrogens with zero attached hydrogens (tertiary/aromatic N) is 2. The lowest BCUT2D eigenvalue weighted by Crippen LogP contribution is -2.40. The number of carbonyl (C=O) groups is 2. The zero-order chi connectivity index (χ0) is 18.0. The van der Waals surface area contributed by atoms with Gasteiger partial charge in [-0.2, -0.15) is 0 Å². The molecule has 0 aliphatic carbocycles. The molecule has 0 saturated carbocycles. The van der Waals surface area contributed by atoms with Crippen molar-refractivity contribution in [2.45, 2.75) is 19.4 Å². The average Bonchev–Trinajstić information content (AvgIpc) is 3.09. The molecule has 1 aromatic carbocycles. The van der Waals surface area contributed by atoms with E-state index < -0.39 is 12.1 Å². The number of carboxylic acid groups (broad SMARTS) is 1. The molecule has 2 heterocycles. The van der Waals surface area contributed by atoms with Gasteiger partial charge in [0.2, 0.25) is 5.89 Å². The van der Waals surface area contributed by atoms with Gasteiger partial charge in [-0.3, -0.25) is 9.59 Å². The highest BCUT2D eigenvalue weighted by Crippen LogP contribution is 2.41. The molecule has 9 heteroatoms. The van der Waals surface area contributed by atoms with Gasteiger partial charge in [0.25, 0.3) is 5.91 Å². The number of hydrogen-bond donors (Lipinski definition) is 1. The molecule has 1 N–H and O–H groups in total. The second-order valence-corrected chi connectivity index (χ2v) is 5.77. The van der Waals surface area contributed by atoms with E-state index in [1.807, 2.05) is 0 Å². The van der Waals surface area contributed by atoms with Crippen LogP contribution in [0.5, 0.6) is 11.5 Å². The van der Waals surface area contributed by atoms with Crippen molar-refractivity contribution in [1.82, 2.24) is 4.98 Å². The van der Waals surface area contributed by atoms with E-state index in [4.69, 9.17) is 30.6 Å². The summed E-state index contributed by atoms with van der Waals surface area (Å²) >= 11 is 6.26. The molecule has 1 aromatic heterocycles. The Balaban J connectivity index is 1.85. The number of hydrogen-bond acceptors (Lipinski definition) is 6. The quantitative estimate of drug-likeness (QED) is 0.838. The Morgan fingerprint density at radius 3 is 3.00 bits per heavy atom. The number of carboxylic acids is 1. The Bertz CT molecular complexity index is 792. The molecular weight excluding hydrogens is 352 g/mol. The molecule has 1 amide bonds. The van der Waals surface area contributed by atoms with Crippen LogP contribution in [0.4, 0.5) is 5.69 Å². The first-order chi connectivity index (χ1) is 12.0. The fraction of sp³-hybridized carbons (Fsp3) is 0.312. The number of aliphatic carboxylic acids is 1. The van der Waals surface area contributed by atoms with Crippen molar-refractivity contribution in [2.24, 2.45) is 0 Å². The maximum atomic E-state index is 12.0. The van der Waals surface area contributed by atoms with Crippen LogP contribution in [0.15, 0.2) is 29.0 Å². The Morgan fingerprint density at radius 2 is 2.32 bits per heavy atom. The third-order valence-electron chi connectivity index (χ3n) is 3.61. The second-order valence-electron chi connectivity index (χ2n) is 5.36. The van der Waals surface area contributed by atoms with Crippen LogP contribution >= 0.6 is 11.6 Å². The summed E-state index contributed by atoms with van der Waals surface area (Å²) in [6.07, 6.45) is 2.30. The summed E-state index contributed by atoms with van der Waals surface area (Å²) in [6.45, 7) is 1.61. The highest BCUT2D eigenvalue weighted by atomic mass is 35.5. The fourth-order valence-electron chi connectivity index (χ4n) is 2.42. The lowest BCUT2D eigenvalue weighted by Gasteiger charge is -2.29. The van der Waals surface area contributed by atoms with Crippen LogP contribution in [0.3, 0.4) is 0 Å². The predicted octanol–water partition coefficient (Wildman–Crippen LogP) is 2.67. The van der Waals surface area contributed by atoms with Crippen molar-refractivity contribution in [3.05, 3.63) is 35.5 Å². The zero-order valence-corrected chi connectivity index (χ0v) is 14.0. The molecule has 132 valence electrons. The minimum Gasteiger partial charge on any atom is -0.481 e. The fourth-order valence-corrected chi connectivity index (χ4v) is 2.62. The van der Waals surface area contributed by atoms with E-state index in [2.05, 4.69) is 4.98 Å². The number of aromatic nitrogens is 1. The van der Waals surface area contributed by atoms with Crippen molar-refractivity contribution in [1.29, 1.82) is 0 Å². The van der Waals surface area contributed by atoms with Crippen LogP contribution in [-0.4, -0.2) is 35.1 Å². The van der Waals surface area contributed by atoms with Crippen molar-refractivity contribution in [2.75, 3.05) is 18.1 Å². The topological polar surface area (TPSA) is 102 Å². The summed E-state index contributed by atoms with van der Waals surface area (Å²) in [5, 5.41) is 9.10. The molecule has 0 radical (unpaired) electrons. The summed E-state index contributed by atoms with van der Waals surface area (Å²) in [4.78, 5) is 28.2. The smallest absolute Gasteiger partial charge is 0.305 e. The van der Waals surface area contributed by atoms with Gasteiger partial charge in [0.15, 0.2) is 12.7 Å². The molecule has 2 aromatic rings. The van der Waals surface area contributed by atoms with Gasteiger partial charge in [-0.25, -0.2) is 4.98 Å². The predicted molar refractivity (Wildman–Crippen MR) is 87.1 cm³/mol. The molecule has 0 saturated heterocycles. The van der Waals surface area contributed by atoms with Crippen LogP contribution in [0.2, 0.25) is 5.02 Å². The normalized spacial score (nSPS) is 14.6. The zero-order valence-electron chi connectivity index (χ0n) is 13.3. The summed E-state index contributed by atoms with van der Waals surface area (Å²) < 4.78 is 16.4. The lowest BCUT2D eigenvalue weighted by molar-refractivity contribution is -0.136. The van der Waals surface area contributed by atoms with Gasteiger partial charge in [-0.05, 0) is 13.0 Å². The third kappa shape index (κ3) is 3.69. The number of amides is 1. The van der Waals surface area contributed by atoms with Crippen molar-refractivity contribution in [3.63, 3.8) is 0 Å². The van der Waals surface area contributed by atoms with E-state index in [-0.39, 0.29) is 30.5 Å². The first kappa shape index (κ1) is 17.1. The van der Waals surface area contributed by atoms with Gasteiger partial charge >= 0.3 is 5.97 Å². The highest BCUT2D eigenvalue weighted by molar-refractivity contribution is 6.32. The number of rotatable bonds is 6. The summed E-state index contributed by atoms with van der Waals surface area (Å²) in [7, 11) is 0. The van der Waals surface area contributed by atoms with Gasteiger partial charge in [0.05, 0.1) is 23.3 Å². The second kappa shape index (κ2) is 7.02. The molecule has 1 unspecified atom stereocenters. The van der Waals surface area contributed by atoms with E-state index in [1.54, 1.807) is 13.0 Å². The van der Waals surface area contributed by atoms with E-state index in [0.717, 1.165) is 0 Å². The Hall–Kier alpha value is -2.74. The average molecular weight is 367 g/mol. The summed E-state index contributed by atoms with van der Waals surface area (Å²) in [5.41, 5.74) is 0.415. The highest BCUT2D eigenvalue weighted by Gasteiger charge is 2.28. The summed E-state index contributed by atoms with van der Waals surface area (Å²) in [5.74, 6) is -0.186. The third-order valence-corrected chi connectivity index (χ3v) is 3.90. The number of benzene rings is 1. The minimum absolute atomic E-state index is 0.0355. The van der Waals surface area contributed by atoms with E-state index >= 15 is 0 Å². The number of oxazole rings is 1. The van der Waals surface area contributed by atoms with Crippen LogP contribution in [0, 0.1) is 0 Å². The van der Waals surface area contributed by atoms with E-state index in [9.17, 15) is 9.59 Å². The summed E-state index contributed by atoms with van der Waals surface area (Å²) in [6, 6.07) is 3.09. The standard InChI is InChI=1S/C16H15ClN2O6/c1-9(16-18-3-5-23-16)25-12-7-13-11(6-10(12)17)19(4-2-15(21)22)14(20)8-24-13/h3,5-7,9H,2,4,8H2,1H3,(H,21,22). The number of carbonyl (C=O) groups excluding carboxylic acids is 1. The number of anilines is 1. The van der Waals surface area contributed by atoms with Crippen LogP contribution < -0.4 is 14.4 Å². The largest absolute Gasteiger partial charge is 0.481 e. The molecule has 1 aliphatic heterocycles. The molecule has 0 fully saturated rings. The van der Waals surface area contributed by atoms with Gasteiger partial charge in [-0.15, -0.1) is 0 Å². The molecule has 1 aliphatic rings. The minimum atomic E-state index is -0.994. The van der Waals surface area contributed by atoms with Gasteiger partial charge in [-0.1, -0.05) is 11.6 Å². The van der Waals surface area contributed by atoms with Gasteiger partial charge < -0.3 is 23.9 Å². The van der Waals surface area contributed by atoms with E-state index in [0.29, 0.717) is 23.1 Å². The Kier molecular flexibility index (Phi) is 4.80. The Morgan fingerprint density at radius 1 is 1.52 bits per heavy atom. The van der Waals surface area contributed by atoms with Crippen LogP contribution in [0.1, 0.15) is 25.3 Å². The molecule has 0 bridgehead atoms.